The maximum atomic E-state index is 11.2. The Morgan fingerprint density at radius 3 is 3.00 bits per heavy atom. The van der Waals surface area contributed by atoms with E-state index >= 15 is 0 Å². The largest absolute Gasteiger partial charge is 0.478 e. The number of imidazole rings is 1. The number of rotatable bonds is 3. The molecule has 1 N–H and O–H groups in total. The molecule has 3 rings (SSSR count). The van der Waals surface area contributed by atoms with E-state index in [2.05, 4.69) is 15.8 Å². The van der Waals surface area contributed by atoms with Gasteiger partial charge in [-0.05, 0) is 37.7 Å². The van der Waals surface area contributed by atoms with E-state index in [1.165, 1.54) is 6.42 Å². The average Bonchev–Trinajstić information content (AvgIpc) is 3.03. The molecule has 2 unspecified atom stereocenters. The second kappa shape index (κ2) is 4.89. The molecule has 1 saturated carbocycles. The zero-order chi connectivity index (χ0) is 13.4. The van der Waals surface area contributed by atoms with Crippen molar-refractivity contribution >= 4 is 28.8 Å². The SMILES string of the molecule is CSC1CCC(n2cnc3c(C(=O)O)cccc32)C1. The number of carboxylic acids is 1. The fraction of sp³-hybridized carbons (Fsp3) is 0.429. The number of hydrogen-bond acceptors (Lipinski definition) is 3. The Morgan fingerprint density at radius 2 is 2.32 bits per heavy atom. The Balaban J connectivity index is 2.02. The lowest BCUT2D eigenvalue weighted by Gasteiger charge is -2.13. The molecule has 1 heterocycles. The minimum Gasteiger partial charge on any atom is -0.478 e. The number of benzene rings is 1. The number of carbonyl (C=O) groups is 1. The van der Waals surface area contributed by atoms with Crippen molar-refractivity contribution in [1.82, 2.24) is 9.55 Å². The van der Waals surface area contributed by atoms with Gasteiger partial charge < -0.3 is 9.67 Å². The maximum Gasteiger partial charge on any atom is 0.337 e. The molecule has 4 nitrogen and oxygen atoms in total. The summed E-state index contributed by atoms with van der Waals surface area (Å²) >= 11 is 1.92. The molecular formula is C14H16N2O2S. The van der Waals surface area contributed by atoms with E-state index in [4.69, 9.17) is 0 Å². The van der Waals surface area contributed by atoms with Crippen LogP contribution in [0, 0.1) is 0 Å². The zero-order valence-corrected chi connectivity index (χ0v) is 11.6. The van der Waals surface area contributed by atoms with Gasteiger partial charge in [0.1, 0.15) is 5.52 Å². The van der Waals surface area contributed by atoms with Gasteiger partial charge in [-0.3, -0.25) is 0 Å². The number of fused-ring (bicyclic) bond motifs is 1. The summed E-state index contributed by atoms with van der Waals surface area (Å²) in [5.41, 5.74) is 1.82. The Kier molecular flexibility index (Phi) is 3.22. The van der Waals surface area contributed by atoms with Gasteiger partial charge in [0.15, 0.2) is 0 Å². The van der Waals surface area contributed by atoms with Gasteiger partial charge in [-0.25, -0.2) is 9.78 Å². The van der Waals surface area contributed by atoms with Crippen molar-refractivity contribution in [1.29, 1.82) is 0 Å². The van der Waals surface area contributed by atoms with Crippen molar-refractivity contribution in [3.05, 3.63) is 30.1 Å². The molecule has 1 aliphatic rings. The first-order valence-electron chi connectivity index (χ1n) is 6.42. The monoisotopic (exact) mass is 276 g/mol. The molecule has 0 bridgehead atoms. The zero-order valence-electron chi connectivity index (χ0n) is 10.7. The first-order chi connectivity index (χ1) is 9.20. The molecule has 5 heteroatoms. The summed E-state index contributed by atoms with van der Waals surface area (Å²) < 4.78 is 2.15. The smallest absolute Gasteiger partial charge is 0.337 e. The van der Waals surface area contributed by atoms with E-state index in [1.807, 2.05) is 17.8 Å². The van der Waals surface area contributed by atoms with Gasteiger partial charge in [0, 0.05) is 11.3 Å². The Morgan fingerprint density at radius 1 is 1.47 bits per heavy atom. The number of aromatic nitrogens is 2. The topological polar surface area (TPSA) is 55.1 Å². The molecule has 0 amide bonds. The Bertz CT molecular complexity index is 623. The third-order valence-electron chi connectivity index (χ3n) is 3.92. The molecule has 0 aliphatic heterocycles. The second-order valence-electron chi connectivity index (χ2n) is 4.95. The molecule has 0 radical (unpaired) electrons. The predicted molar refractivity (Wildman–Crippen MR) is 76.9 cm³/mol. The van der Waals surface area contributed by atoms with Crippen LogP contribution in [0.1, 0.15) is 35.7 Å². The molecule has 19 heavy (non-hydrogen) atoms. The molecule has 1 fully saturated rings. The molecule has 2 aromatic rings. The maximum absolute atomic E-state index is 11.2. The number of nitrogens with zero attached hydrogens (tertiary/aromatic N) is 2. The second-order valence-corrected chi connectivity index (χ2v) is 6.09. The molecule has 0 saturated heterocycles. The quantitative estimate of drug-likeness (QED) is 0.935. The lowest BCUT2D eigenvalue weighted by atomic mass is 10.1. The van der Waals surface area contributed by atoms with E-state index in [9.17, 15) is 9.90 Å². The molecule has 0 spiro atoms. The van der Waals surface area contributed by atoms with Gasteiger partial charge in [0.25, 0.3) is 0 Å². The van der Waals surface area contributed by atoms with Crippen LogP contribution >= 0.6 is 11.8 Å². The van der Waals surface area contributed by atoms with Crippen molar-refractivity contribution < 1.29 is 9.90 Å². The summed E-state index contributed by atoms with van der Waals surface area (Å²) in [6.07, 6.45) is 7.47. The number of para-hydroxylation sites is 1. The Labute approximate surface area is 115 Å². The van der Waals surface area contributed by atoms with Crippen molar-refractivity contribution in [3.63, 3.8) is 0 Å². The molecule has 1 aromatic carbocycles. The average molecular weight is 276 g/mol. The van der Waals surface area contributed by atoms with Crippen molar-refractivity contribution in [2.45, 2.75) is 30.6 Å². The summed E-state index contributed by atoms with van der Waals surface area (Å²) in [5, 5.41) is 9.90. The third kappa shape index (κ3) is 2.12. The number of aromatic carboxylic acids is 1. The van der Waals surface area contributed by atoms with Gasteiger partial charge in [0.2, 0.25) is 0 Å². The lowest BCUT2D eigenvalue weighted by Crippen LogP contribution is -2.05. The number of hydrogen-bond donors (Lipinski definition) is 1. The summed E-state index contributed by atoms with van der Waals surface area (Å²) in [6, 6.07) is 5.82. The van der Waals surface area contributed by atoms with Crippen LogP contribution < -0.4 is 0 Å². The Hall–Kier alpha value is -1.49. The highest BCUT2D eigenvalue weighted by Crippen LogP contribution is 2.37. The van der Waals surface area contributed by atoms with Gasteiger partial charge in [-0.1, -0.05) is 6.07 Å². The van der Waals surface area contributed by atoms with Crippen molar-refractivity contribution in [3.8, 4) is 0 Å². The highest BCUT2D eigenvalue weighted by molar-refractivity contribution is 7.99. The van der Waals surface area contributed by atoms with Gasteiger partial charge in [-0.15, -0.1) is 0 Å². The van der Waals surface area contributed by atoms with Crippen LogP contribution in [0.2, 0.25) is 0 Å². The summed E-state index contributed by atoms with van der Waals surface area (Å²) in [7, 11) is 0. The summed E-state index contributed by atoms with van der Waals surface area (Å²) in [4.78, 5) is 15.5. The van der Waals surface area contributed by atoms with Crippen LogP contribution in [0.15, 0.2) is 24.5 Å². The van der Waals surface area contributed by atoms with Crippen LogP contribution in [0.5, 0.6) is 0 Å². The van der Waals surface area contributed by atoms with Gasteiger partial charge >= 0.3 is 5.97 Å². The molecular weight excluding hydrogens is 260 g/mol. The molecule has 1 aliphatic carbocycles. The van der Waals surface area contributed by atoms with Crippen LogP contribution in [0.4, 0.5) is 0 Å². The minimum atomic E-state index is -0.913. The van der Waals surface area contributed by atoms with E-state index < -0.39 is 5.97 Å². The van der Waals surface area contributed by atoms with E-state index in [1.54, 1.807) is 18.5 Å². The highest BCUT2D eigenvalue weighted by Gasteiger charge is 2.26. The normalized spacial score (nSPS) is 23.0. The summed E-state index contributed by atoms with van der Waals surface area (Å²) in [5.74, 6) is -0.913. The van der Waals surface area contributed by atoms with E-state index in [0.29, 0.717) is 16.8 Å². The molecule has 100 valence electrons. The molecule has 2 atom stereocenters. The van der Waals surface area contributed by atoms with Gasteiger partial charge in [-0.2, -0.15) is 11.8 Å². The van der Waals surface area contributed by atoms with Crippen molar-refractivity contribution in [2.24, 2.45) is 0 Å². The van der Waals surface area contributed by atoms with Gasteiger partial charge in [0.05, 0.1) is 17.4 Å². The van der Waals surface area contributed by atoms with E-state index in [0.717, 1.165) is 18.4 Å². The summed E-state index contributed by atoms with van der Waals surface area (Å²) in [6.45, 7) is 0. The third-order valence-corrected chi connectivity index (χ3v) is 5.01. The fourth-order valence-electron chi connectivity index (χ4n) is 2.91. The van der Waals surface area contributed by atoms with Crippen molar-refractivity contribution in [2.75, 3.05) is 6.26 Å². The fourth-order valence-corrected chi connectivity index (χ4v) is 3.69. The van der Waals surface area contributed by atoms with Crippen LogP contribution in [0.3, 0.4) is 0 Å². The first-order valence-corrected chi connectivity index (χ1v) is 7.71. The number of thioether (sulfide) groups is 1. The standard InChI is InChI=1S/C14H16N2O2S/c1-19-10-6-5-9(7-10)16-8-15-13-11(14(17)18)3-2-4-12(13)16/h2-4,8-10H,5-7H2,1H3,(H,17,18). The minimum absolute atomic E-state index is 0.288. The molecule has 1 aromatic heterocycles. The highest BCUT2D eigenvalue weighted by atomic mass is 32.2. The van der Waals surface area contributed by atoms with Crippen LogP contribution in [-0.2, 0) is 0 Å². The van der Waals surface area contributed by atoms with Crippen LogP contribution in [0.25, 0.3) is 11.0 Å². The predicted octanol–water partition coefficient (Wildman–Crippen LogP) is 3.19. The number of carboxylic acid groups (broad SMARTS) is 1. The van der Waals surface area contributed by atoms with Crippen LogP contribution in [-0.4, -0.2) is 32.1 Å². The van der Waals surface area contributed by atoms with E-state index in [-0.39, 0.29) is 5.56 Å². The lowest BCUT2D eigenvalue weighted by molar-refractivity contribution is 0.0699. The first kappa shape index (κ1) is 12.5.